The van der Waals surface area contributed by atoms with E-state index in [-0.39, 0.29) is 11.3 Å². The Kier molecular flexibility index (Phi) is 7.36. The maximum absolute atomic E-state index is 12.6. The molecule has 0 spiro atoms. The molecule has 0 saturated carbocycles. The Morgan fingerprint density at radius 1 is 1.19 bits per heavy atom. The van der Waals surface area contributed by atoms with Crippen LogP contribution >= 0.6 is 11.8 Å². The quantitative estimate of drug-likeness (QED) is 0.423. The van der Waals surface area contributed by atoms with Crippen molar-refractivity contribution in [3.8, 4) is 11.1 Å². The molecule has 2 aromatic rings. The maximum atomic E-state index is 12.6. The van der Waals surface area contributed by atoms with E-state index in [0.717, 1.165) is 5.56 Å². The van der Waals surface area contributed by atoms with E-state index in [4.69, 9.17) is 4.74 Å². The van der Waals surface area contributed by atoms with Gasteiger partial charge in [0.1, 0.15) is 6.04 Å². The van der Waals surface area contributed by atoms with Crippen molar-refractivity contribution in [1.29, 1.82) is 0 Å². The molecular formula is C19H20N2O5S. The predicted octanol–water partition coefficient (Wildman–Crippen LogP) is 3.29. The summed E-state index contributed by atoms with van der Waals surface area (Å²) in [6, 6.07) is 12.4. The van der Waals surface area contributed by atoms with Gasteiger partial charge in [-0.25, -0.2) is 4.79 Å². The Labute approximate surface area is 161 Å². The van der Waals surface area contributed by atoms with Gasteiger partial charge in [0.05, 0.1) is 12.0 Å². The van der Waals surface area contributed by atoms with Gasteiger partial charge in [0.2, 0.25) is 0 Å². The number of esters is 1. The van der Waals surface area contributed by atoms with Crippen LogP contribution in [0.1, 0.15) is 16.8 Å². The van der Waals surface area contributed by atoms with Gasteiger partial charge in [0.15, 0.2) is 0 Å². The Morgan fingerprint density at radius 2 is 1.89 bits per heavy atom. The van der Waals surface area contributed by atoms with Crippen molar-refractivity contribution in [2.45, 2.75) is 12.5 Å². The van der Waals surface area contributed by atoms with Crippen LogP contribution in [0.3, 0.4) is 0 Å². The molecule has 1 unspecified atom stereocenters. The number of rotatable bonds is 8. The van der Waals surface area contributed by atoms with E-state index in [1.807, 2.05) is 24.5 Å². The Bertz CT molecular complexity index is 826. The first-order valence-electron chi connectivity index (χ1n) is 8.18. The number of amides is 1. The number of non-ortho nitro benzene ring substituents is 1. The van der Waals surface area contributed by atoms with E-state index in [1.54, 1.807) is 18.2 Å². The zero-order valence-corrected chi connectivity index (χ0v) is 15.8. The first-order chi connectivity index (χ1) is 13.0. The van der Waals surface area contributed by atoms with E-state index in [1.165, 1.54) is 31.0 Å². The van der Waals surface area contributed by atoms with E-state index in [0.29, 0.717) is 17.7 Å². The van der Waals surface area contributed by atoms with Crippen LogP contribution in [0.25, 0.3) is 11.1 Å². The number of methoxy groups -OCH3 is 1. The summed E-state index contributed by atoms with van der Waals surface area (Å²) in [6.45, 7) is 0. The van der Waals surface area contributed by atoms with Crippen molar-refractivity contribution in [3.63, 3.8) is 0 Å². The van der Waals surface area contributed by atoms with Gasteiger partial charge in [-0.05, 0) is 35.6 Å². The lowest BCUT2D eigenvalue weighted by Crippen LogP contribution is -2.42. The number of benzene rings is 2. The molecule has 0 saturated heterocycles. The highest BCUT2D eigenvalue weighted by Crippen LogP contribution is 2.26. The molecule has 27 heavy (non-hydrogen) atoms. The van der Waals surface area contributed by atoms with Crippen molar-refractivity contribution < 1.29 is 19.2 Å². The number of nitrogens with zero attached hydrogens (tertiary/aromatic N) is 1. The Balaban J connectivity index is 2.35. The first-order valence-corrected chi connectivity index (χ1v) is 9.58. The van der Waals surface area contributed by atoms with Gasteiger partial charge in [-0.3, -0.25) is 14.9 Å². The molecule has 142 valence electrons. The van der Waals surface area contributed by atoms with Gasteiger partial charge >= 0.3 is 5.97 Å². The monoisotopic (exact) mass is 388 g/mol. The number of ether oxygens (including phenoxy) is 1. The molecule has 0 radical (unpaired) electrons. The molecule has 2 rings (SSSR count). The minimum atomic E-state index is -0.811. The van der Waals surface area contributed by atoms with Crippen LogP contribution in [-0.4, -0.2) is 42.0 Å². The van der Waals surface area contributed by atoms with Crippen molar-refractivity contribution in [1.82, 2.24) is 5.32 Å². The fourth-order valence-electron chi connectivity index (χ4n) is 2.51. The van der Waals surface area contributed by atoms with Crippen LogP contribution < -0.4 is 5.32 Å². The highest BCUT2D eigenvalue weighted by atomic mass is 32.2. The number of hydrogen-bond acceptors (Lipinski definition) is 6. The number of carbonyl (C=O) groups excluding carboxylic acids is 2. The van der Waals surface area contributed by atoms with Crippen LogP contribution in [0, 0.1) is 10.1 Å². The molecule has 0 heterocycles. The summed E-state index contributed by atoms with van der Waals surface area (Å²) in [6.07, 6.45) is 2.29. The van der Waals surface area contributed by atoms with Crippen LogP contribution in [0.4, 0.5) is 5.69 Å². The maximum Gasteiger partial charge on any atom is 0.328 e. The summed E-state index contributed by atoms with van der Waals surface area (Å²) in [5.41, 5.74) is 1.22. The molecule has 0 aromatic heterocycles. The molecule has 1 amide bonds. The first kappa shape index (κ1) is 20.4. The molecule has 2 aromatic carbocycles. The van der Waals surface area contributed by atoms with E-state index < -0.39 is 22.8 Å². The second-order valence-electron chi connectivity index (χ2n) is 5.72. The van der Waals surface area contributed by atoms with Crippen molar-refractivity contribution in [2.75, 3.05) is 19.1 Å². The topological polar surface area (TPSA) is 98.5 Å². The summed E-state index contributed by atoms with van der Waals surface area (Å²) in [5, 5.41) is 13.9. The highest BCUT2D eigenvalue weighted by Gasteiger charge is 2.23. The molecule has 0 fully saturated rings. The zero-order valence-electron chi connectivity index (χ0n) is 15.0. The predicted molar refractivity (Wildman–Crippen MR) is 105 cm³/mol. The minimum absolute atomic E-state index is 0.112. The molecule has 0 aliphatic rings. The number of nitro benzene ring substituents is 1. The summed E-state index contributed by atoms with van der Waals surface area (Å²) < 4.78 is 4.73. The molecular weight excluding hydrogens is 368 g/mol. The lowest BCUT2D eigenvalue weighted by Gasteiger charge is -2.16. The third-order valence-electron chi connectivity index (χ3n) is 3.90. The fraction of sp³-hybridized carbons (Fsp3) is 0.263. The molecule has 1 N–H and O–H groups in total. The average molecular weight is 388 g/mol. The minimum Gasteiger partial charge on any atom is -0.467 e. The van der Waals surface area contributed by atoms with Gasteiger partial charge in [0.25, 0.3) is 11.6 Å². The molecule has 7 nitrogen and oxygen atoms in total. The highest BCUT2D eigenvalue weighted by molar-refractivity contribution is 7.98. The normalized spacial score (nSPS) is 11.5. The van der Waals surface area contributed by atoms with Crippen LogP contribution in [0.15, 0.2) is 48.5 Å². The number of thioether (sulfide) groups is 1. The number of carbonyl (C=O) groups is 2. The smallest absolute Gasteiger partial charge is 0.328 e. The summed E-state index contributed by atoms with van der Waals surface area (Å²) in [4.78, 5) is 35.3. The Morgan fingerprint density at radius 3 is 2.48 bits per heavy atom. The van der Waals surface area contributed by atoms with Gasteiger partial charge in [-0.15, -0.1) is 0 Å². The van der Waals surface area contributed by atoms with Gasteiger partial charge in [0, 0.05) is 17.7 Å². The zero-order chi connectivity index (χ0) is 19.8. The lowest BCUT2D eigenvalue weighted by atomic mass is 10.0. The van der Waals surface area contributed by atoms with Crippen LogP contribution in [-0.2, 0) is 9.53 Å². The van der Waals surface area contributed by atoms with Crippen molar-refractivity contribution >= 4 is 29.3 Å². The summed E-state index contributed by atoms with van der Waals surface area (Å²) >= 11 is 1.54. The summed E-state index contributed by atoms with van der Waals surface area (Å²) in [5.74, 6) is -0.456. The second kappa shape index (κ2) is 9.72. The van der Waals surface area contributed by atoms with E-state index in [9.17, 15) is 19.7 Å². The van der Waals surface area contributed by atoms with Gasteiger partial charge in [-0.2, -0.15) is 11.8 Å². The third kappa shape index (κ3) is 5.55. The third-order valence-corrected chi connectivity index (χ3v) is 4.54. The van der Waals surface area contributed by atoms with Crippen LogP contribution in [0.5, 0.6) is 0 Å². The van der Waals surface area contributed by atoms with Gasteiger partial charge in [-0.1, -0.05) is 30.3 Å². The van der Waals surface area contributed by atoms with Crippen molar-refractivity contribution in [3.05, 3.63) is 64.2 Å². The SMILES string of the molecule is COC(=O)C(CCSC)NC(=O)c1cc(-c2ccccc2)cc([N+](=O)[O-])c1. The second-order valence-corrected chi connectivity index (χ2v) is 6.71. The number of hydrogen-bond donors (Lipinski definition) is 1. The molecule has 0 aliphatic carbocycles. The largest absolute Gasteiger partial charge is 0.467 e. The molecule has 1 atom stereocenters. The van der Waals surface area contributed by atoms with Gasteiger partial charge < -0.3 is 10.1 Å². The van der Waals surface area contributed by atoms with Crippen LogP contribution in [0.2, 0.25) is 0 Å². The Hall–Kier alpha value is -2.87. The van der Waals surface area contributed by atoms with Crippen molar-refractivity contribution in [2.24, 2.45) is 0 Å². The standard InChI is InChI=1S/C19H20N2O5S/c1-26-19(23)17(8-9-27-2)20-18(22)15-10-14(11-16(12-15)21(24)25)13-6-4-3-5-7-13/h3-7,10-12,17H,8-9H2,1-2H3,(H,20,22). The van der Waals surface area contributed by atoms with E-state index >= 15 is 0 Å². The molecule has 8 heteroatoms. The molecule has 0 aliphatic heterocycles. The number of nitrogens with one attached hydrogen (secondary N) is 1. The lowest BCUT2D eigenvalue weighted by molar-refractivity contribution is -0.384. The fourth-order valence-corrected chi connectivity index (χ4v) is 2.98. The summed E-state index contributed by atoms with van der Waals surface area (Å²) in [7, 11) is 1.25. The average Bonchev–Trinajstić information content (AvgIpc) is 2.70. The number of nitro groups is 1. The molecule has 0 bridgehead atoms. The van der Waals surface area contributed by atoms with E-state index in [2.05, 4.69) is 5.32 Å².